The van der Waals surface area contributed by atoms with Crippen molar-refractivity contribution in [1.29, 1.82) is 0 Å². The lowest BCUT2D eigenvalue weighted by Gasteiger charge is -2.25. The van der Waals surface area contributed by atoms with Crippen LogP contribution < -0.4 is 0 Å². The number of fused-ring (bicyclic) bond motifs is 1. The maximum Gasteiger partial charge on any atom is 0.149 e. The zero-order valence-corrected chi connectivity index (χ0v) is 38.4. The normalized spacial score (nSPS) is 14.2. The van der Waals surface area contributed by atoms with E-state index in [1.165, 1.54) is 12.5 Å². The first kappa shape index (κ1) is 35.3. The van der Waals surface area contributed by atoms with E-state index >= 15 is 0 Å². The summed E-state index contributed by atoms with van der Waals surface area (Å²) in [6.07, 6.45) is 1.74. The second-order valence-corrected chi connectivity index (χ2v) is 18.7. The van der Waals surface area contributed by atoms with Gasteiger partial charge in [-0.05, 0) is 152 Å². The fraction of sp³-hybridized carbons (Fsp3) is 0.213. The number of aromatic nitrogens is 3. The van der Waals surface area contributed by atoms with Crippen LogP contribution in [0.2, 0.25) is 0 Å². The van der Waals surface area contributed by atoms with Gasteiger partial charge >= 0.3 is 0 Å². The van der Waals surface area contributed by atoms with Crippen molar-refractivity contribution in [3.63, 3.8) is 0 Å². The van der Waals surface area contributed by atoms with Crippen LogP contribution in [0.5, 0.6) is 5.75 Å². The van der Waals surface area contributed by atoms with E-state index in [4.69, 9.17) is 18.2 Å². The minimum Gasteiger partial charge on any atom is -0.507 e. The topological polar surface area (TPSA) is 50.9 Å². The number of pyridine rings is 1. The van der Waals surface area contributed by atoms with Crippen molar-refractivity contribution in [3.05, 3.63) is 192 Å². The molecule has 7 aromatic carbocycles. The van der Waals surface area contributed by atoms with Crippen LogP contribution in [0.15, 0.2) is 164 Å². The zero-order chi connectivity index (χ0) is 51.7. The third-order valence-electron chi connectivity index (χ3n) is 12.4. The lowest BCUT2D eigenvalue weighted by molar-refractivity contribution is 0.472. The number of aromatic hydroxyl groups is 1. The molecular formula is C61H59N3O. The molecule has 0 saturated heterocycles. The Balaban J connectivity index is 1.24. The van der Waals surface area contributed by atoms with E-state index in [1.807, 2.05) is 76.2 Å². The van der Waals surface area contributed by atoms with Gasteiger partial charge in [-0.15, -0.1) is 0 Å². The van der Waals surface area contributed by atoms with E-state index in [-0.39, 0.29) is 16.7 Å². The molecule has 4 heteroatoms. The summed E-state index contributed by atoms with van der Waals surface area (Å²) in [6.45, 7) is 10.2. The molecule has 2 heterocycles. The van der Waals surface area contributed by atoms with Gasteiger partial charge in [-0.3, -0.25) is 9.55 Å². The van der Waals surface area contributed by atoms with Gasteiger partial charge in [0, 0.05) is 32.6 Å². The summed E-state index contributed by atoms with van der Waals surface area (Å²) >= 11 is 0. The number of phenolic OH excluding ortho intramolecular Hbond substituents is 1. The van der Waals surface area contributed by atoms with Crippen molar-refractivity contribution in [2.45, 2.75) is 85.8 Å². The molecule has 65 heavy (non-hydrogen) atoms. The van der Waals surface area contributed by atoms with Crippen LogP contribution in [0.3, 0.4) is 0 Å². The van der Waals surface area contributed by atoms with Crippen LogP contribution in [0.1, 0.15) is 98.6 Å². The Morgan fingerprint density at radius 3 is 2.02 bits per heavy atom. The lowest BCUT2D eigenvalue weighted by Crippen LogP contribution is -2.13. The Labute approximate surface area is 395 Å². The summed E-state index contributed by atoms with van der Waals surface area (Å²) in [5.41, 5.74) is 13.7. The number of hydrogen-bond acceptors (Lipinski definition) is 3. The molecule has 0 saturated carbocycles. The van der Waals surface area contributed by atoms with Crippen LogP contribution in [0.25, 0.3) is 83.9 Å². The molecular weight excluding hydrogens is 791 g/mol. The Morgan fingerprint density at radius 2 is 1.28 bits per heavy atom. The third-order valence-corrected chi connectivity index (χ3v) is 12.4. The first-order valence-electron chi connectivity index (χ1n) is 25.7. The highest BCUT2D eigenvalue weighted by Gasteiger charge is 2.25. The zero-order valence-electron chi connectivity index (χ0n) is 45.4. The quantitative estimate of drug-likeness (QED) is 0.166. The van der Waals surface area contributed by atoms with Gasteiger partial charge in [0.1, 0.15) is 11.6 Å². The van der Waals surface area contributed by atoms with E-state index in [0.29, 0.717) is 17.1 Å². The third kappa shape index (κ3) is 8.42. The number of benzene rings is 7. The van der Waals surface area contributed by atoms with Gasteiger partial charge in [0.2, 0.25) is 0 Å². The first-order chi connectivity index (χ1) is 33.8. The molecule has 0 aliphatic heterocycles. The maximum atomic E-state index is 11.8. The van der Waals surface area contributed by atoms with E-state index in [0.717, 1.165) is 83.5 Å². The van der Waals surface area contributed by atoms with Gasteiger partial charge in [0.15, 0.2) is 0 Å². The highest BCUT2D eigenvalue weighted by atomic mass is 16.3. The molecule has 0 aliphatic carbocycles. The highest BCUT2D eigenvalue weighted by molar-refractivity contribution is 5.98. The van der Waals surface area contributed by atoms with Crippen molar-refractivity contribution in [2.24, 2.45) is 0 Å². The van der Waals surface area contributed by atoms with Crippen LogP contribution in [-0.2, 0) is 10.8 Å². The molecule has 1 N–H and O–H groups in total. The van der Waals surface area contributed by atoms with Gasteiger partial charge in [-0.2, -0.15) is 0 Å². The van der Waals surface area contributed by atoms with Crippen LogP contribution in [0.4, 0.5) is 0 Å². The number of rotatable bonds is 8. The minimum atomic E-state index is -2.76. The number of para-hydroxylation sites is 1. The number of imidazole rings is 1. The van der Waals surface area contributed by atoms with Crippen molar-refractivity contribution in [2.75, 3.05) is 0 Å². The van der Waals surface area contributed by atoms with Gasteiger partial charge in [-0.1, -0.05) is 158 Å². The van der Waals surface area contributed by atoms with E-state index in [9.17, 15) is 6.48 Å². The Bertz CT molecular complexity index is 3490. The molecule has 0 amide bonds. The molecule has 0 bridgehead atoms. The van der Waals surface area contributed by atoms with Crippen LogP contribution >= 0.6 is 0 Å². The molecule has 9 rings (SSSR count). The molecule has 2 aromatic heterocycles. The second-order valence-electron chi connectivity index (χ2n) is 18.7. The smallest absolute Gasteiger partial charge is 0.149 e. The van der Waals surface area contributed by atoms with Crippen molar-refractivity contribution < 1.29 is 14.7 Å². The molecule has 4 nitrogen and oxygen atoms in total. The van der Waals surface area contributed by atoms with Crippen molar-refractivity contribution >= 4 is 11.0 Å². The molecule has 0 fully saturated rings. The first-order valence-corrected chi connectivity index (χ1v) is 22.2. The molecule has 0 atom stereocenters. The molecule has 0 aliphatic rings. The average molecular weight is 857 g/mol. The fourth-order valence-corrected chi connectivity index (χ4v) is 9.09. The summed E-state index contributed by atoms with van der Waals surface area (Å²) in [6, 6.07) is 52.0. The van der Waals surface area contributed by atoms with E-state index in [1.54, 1.807) is 30.5 Å². The molecule has 0 spiro atoms. The summed E-state index contributed by atoms with van der Waals surface area (Å²) in [5.74, 6) is -0.270. The van der Waals surface area contributed by atoms with E-state index < -0.39 is 25.0 Å². The lowest BCUT2D eigenvalue weighted by atomic mass is 9.80. The van der Waals surface area contributed by atoms with Gasteiger partial charge < -0.3 is 5.11 Å². The predicted molar refractivity (Wildman–Crippen MR) is 274 cm³/mol. The summed E-state index contributed by atoms with van der Waals surface area (Å²) in [7, 11) is 0. The summed E-state index contributed by atoms with van der Waals surface area (Å²) in [5, 5.41) is 11.8. The molecule has 9 aromatic rings. The number of phenols is 1. The SMILES string of the molecule is [2H]C(C)(C)c1cc(-n2c(-c3cc(C)cc(C)c3O)nc3c(-c4cc(-c5ccccc5)cc(-c5cc(-c6ccc(C(C)(C([2H])([2H])[2H])C([2H])([2H])[2H])cc6)ccn5)c4)cccc32)ccc1-c1ccccc1C(C)(C)C. The van der Waals surface area contributed by atoms with Crippen molar-refractivity contribution in [3.8, 4) is 78.6 Å². The Kier molecular flexibility index (Phi) is 9.14. The number of hydrogen-bond donors (Lipinski definition) is 1. The monoisotopic (exact) mass is 857 g/mol. The van der Waals surface area contributed by atoms with Gasteiger partial charge in [0.05, 0.1) is 22.3 Å². The fourth-order valence-electron chi connectivity index (χ4n) is 9.09. The highest BCUT2D eigenvalue weighted by Crippen LogP contribution is 2.43. The number of nitrogens with zero attached hydrogens (tertiary/aromatic N) is 3. The van der Waals surface area contributed by atoms with E-state index in [2.05, 4.69) is 110 Å². The van der Waals surface area contributed by atoms with Crippen molar-refractivity contribution in [1.82, 2.24) is 14.5 Å². The minimum absolute atomic E-state index is 0.135. The second kappa shape index (κ2) is 16.8. The molecule has 0 unspecified atom stereocenters. The van der Waals surface area contributed by atoms with Crippen LogP contribution in [0, 0.1) is 13.8 Å². The Morgan fingerprint density at radius 1 is 0.585 bits per heavy atom. The standard InChI is InChI=1S/C61H59N3O/c1-38(2)52-37-48(27-28-50(52)51-19-14-15-21-54(51)61(8,9)10)64-56-22-16-20-49(57(56)63-59(64)53-32-39(3)31-40(4)58(53)65)45-33-44(41-17-12-11-13-18-41)34-46(35-45)55-36-43(29-30-62-55)42-23-25-47(26-24-42)60(5,6)7/h11-38,65H,1-10H3/i5D3,6D3,38D. The predicted octanol–water partition coefficient (Wildman–Crippen LogP) is 16.5. The molecule has 324 valence electrons. The maximum absolute atomic E-state index is 11.8. The molecule has 0 radical (unpaired) electrons. The summed E-state index contributed by atoms with van der Waals surface area (Å²) in [4.78, 5) is 10.4. The average Bonchev–Trinajstić information content (AvgIpc) is 3.73. The van der Waals surface area contributed by atoms with Gasteiger partial charge in [-0.25, -0.2) is 4.98 Å². The van der Waals surface area contributed by atoms with Gasteiger partial charge in [0.25, 0.3) is 0 Å². The van der Waals surface area contributed by atoms with Crippen LogP contribution in [-0.4, -0.2) is 19.6 Å². The Hall–Kier alpha value is -7.04. The largest absolute Gasteiger partial charge is 0.507 e. The number of aryl methyl sites for hydroxylation is 2. The summed E-state index contributed by atoms with van der Waals surface area (Å²) < 4.78 is 60.6.